The van der Waals surface area contributed by atoms with Crippen LogP contribution in [0.15, 0.2) is 0 Å². The topological polar surface area (TPSA) is 61.4 Å². The average Bonchev–Trinajstić information content (AvgIpc) is 2.91. The van der Waals surface area contributed by atoms with Crippen LogP contribution in [0.4, 0.5) is 0 Å². The predicted octanol–water partition coefficient (Wildman–Crippen LogP) is 1.28. The first-order valence-electron chi connectivity index (χ1n) is 7.69. The van der Waals surface area contributed by atoms with Crippen molar-refractivity contribution in [3.8, 4) is 0 Å². The van der Waals surface area contributed by atoms with Crippen LogP contribution in [0, 0.1) is 0 Å². The van der Waals surface area contributed by atoms with E-state index in [9.17, 15) is 9.59 Å². The second-order valence-electron chi connectivity index (χ2n) is 6.24. The molecule has 116 valence electrons. The van der Waals surface area contributed by atoms with Crippen LogP contribution < -0.4 is 10.6 Å². The number of amides is 2. The van der Waals surface area contributed by atoms with Crippen molar-refractivity contribution in [3.63, 3.8) is 0 Å². The van der Waals surface area contributed by atoms with Crippen molar-refractivity contribution in [1.82, 2.24) is 15.5 Å². The molecule has 1 fully saturated rings. The van der Waals surface area contributed by atoms with E-state index in [1.165, 1.54) is 0 Å². The van der Waals surface area contributed by atoms with E-state index in [1.54, 1.807) is 0 Å². The van der Waals surface area contributed by atoms with E-state index in [0.29, 0.717) is 13.0 Å². The summed E-state index contributed by atoms with van der Waals surface area (Å²) < 4.78 is 0. The summed E-state index contributed by atoms with van der Waals surface area (Å²) in [6.07, 6.45) is 3.59. The standard InChI is InChI=1S/C15H29N3O2/c1-5-15(3,4)17-14(20)12(2)16-9-8-13(19)18-10-6-7-11-18/h12,16H,5-11H2,1-4H3,(H,17,20). The van der Waals surface area contributed by atoms with Gasteiger partial charge in [0.1, 0.15) is 0 Å². The molecule has 1 saturated heterocycles. The Labute approximate surface area is 122 Å². The van der Waals surface area contributed by atoms with Gasteiger partial charge in [-0.15, -0.1) is 0 Å². The lowest BCUT2D eigenvalue weighted by Crippen LogP contribution is -2.51. The third kappa shape index (κ3) is 5.49. The molecule has 1 atom stereocenters. The molecule has 2 N–H and O–H groups in total. The fourth-order valence-electron chi connectivity index (χ4n) is 2.14. The molecule has 5 heteroatoms. The fourth-order valence-corrected chi connectivity index (χ4v) is 2.14. The van der Waals surface area contributed by atoms with Gasteiger partial charge in [0.2, 0.25) is 11.8 Å². The van der Waals surface area contributed by atoms with Crippen LogP contribution in [0.2, 0.25) is 0 Å². The molecule has 0 aliphatic carbocycles. The zero-order valence-electron chi connectivity index (χ0n) is 13.3. The van der Waals surface area contributed by atoms with Crippen LogP contribution in [-0.2, 0) is 9.59 Å². The molecule has 20 heavy (non-hydrogen) atoms. The van der Waals surface area contributed by atoms with E-state index in [2.05, 4.69) is 10.6 Å². The smallest absolute Gasteiger partial charge is 0.237 e. The highest BCUT2D eigenvalue weighted by Crippen LogP contribution is 2.09. The number of likely N-dealkylation sites (tertiary alicyclic amines) is 1. The molecule has 1 rings (SSSR count). The van der Waals surface area contributed by atoms with Gasteiger partial charge in [-0.05, 0) is 40.0 Å². The van der Waals surface area contributed by atoms with E-state index in [1.807, 2.05) is 32.6 Å². The molecule has 1 aliphatic rings. The maximum absolute atomic E-state index is 12.0. The maximum Gasteiger partial charge on any atom is 0.237 e. The van der Waals surface area contributed by atoms with Crippen molar-refractivity contribution in [2.45, 2.75) is 65.0 Å². The van der Waals surface area contributed by atoms with Crippen molar-refractivity contribution in [2.24, 2.45) is 0 Å². The third-order valence-electron chi connectivity index (χ3n) is 3.99. The van der Waals surface area contributed by atoms with Crippen molar-refractivity contribution in [3.05, 3.63) is 0 Å². The molecule has 0 aromatic heterocycles. The number of carbonyl (C=O) groups excluding carboxylic acids is 2. The molecule has 1 unspecified atom stereocenters. The lowest BCUT2D eigenvalue weighted by molar-refractivity contribution is -0.130. The first kappa shape index (κ1) is 17.0. The second-order valence-corrected chi connectivity index (χ2v) is 6.24. The minimum Gasteiger partial charge on any atom is -0.350 e. The van der Waals surface area contributed by atoms with E-state index < -0.39 is 0 Å². The Morgan fingerprint density at radius 3 is 2.40 bits per heavy atom. The van der Waals surface area contributed by atoms with E-state index in [0.717, 1.165) is 32.4 Å². The molecule has 0 spiro atoms. The van der Waals surface area contributed by atoms with Gasteiger partial charge < -0.3 is 15.5 Å². The van der Waals surface area contributed by atoms with Crippen LogP contribution in [0.1, 0.15) is 53.4 Å². The predicted molar refractivity (Wildman–Crippen MR) is 80.4 cm³/mol. The summed E-state index contributed by atoms with van der Waals surface area (Å²) in [4.78, 5) is 25.7. The Morgan fingerprint density at radius 1 is 1.25 bits per heavy atom. The van der Waals surface area contributed by atoms with Crippen LogP contribution >= 0.6 is 0 Å². The van der Waals surface area contributed by atoms with E-state index >= 15 is 0 Å². The third-order valence-corrected chi connectivity index (χ3v) is 3.99. The normalized spacial score (nSPS) is 17.1. The van der Waals surface area contributed by atoms with E-state index in [-0.39, 0.29) is 23.4 Å². The molecule has 1 heterocycles. The largest absolute Gasteiger partial charge is 0.350 e. The van der Waals surface area contributed by atoms with Crippen molar-refractivity contribution in [2.75, 3.05) is 19.6 Å². The number of nitrogens with zero attached hydrogens (tertiary/aromatic N) is 1. The monoisotopic (exact) mass is 283 g/mol. The lowest BCUT2D eigenvalue weighted by Gasteiger charge is -2.26. The lowest BCUT2D eigenvalue weighted by atomic mass is 10.0. The zero-order valence-corrected chi connectivity index (χ0v) is 13.3. The summed E-state index contributed by atoms with van der Waals surface area (Å²) in [5.74, 6) is 0.182. The van der Waals surface area contributed by atoms with Gasteiger partial charge >= 0.3 is 0 Å². The SMILES string of the molecule is CCC(C)(C)NC(=O)C(C)NCCC(=O)N1CCCC1. The van der Waals surface area contributed by atoms with Crippen LogP contribution in [0.5, 0.6) is 0 Å². The van der Waals surface area contributed by atoms with Crippen molar-refractivity contribution < 1.29 is 9.59 Å². The van der Waals surface area contributed by atoms with Gasteiger partial charge in [-0.3, -0.25) is 9.59 Å². The first-order chi connectivity index (χ1) is 9.35. The molecular formula is C15H29N3O2. The summed E-state index contributed by atoms with van der Waals surface area (Å²) in [6, 6.07) is -0.271. The second kappa shape index (κ2) is 7.62. The minimum absolute atomic E-state index is 0.00882. The molecule has 0 aromatic rings. The highest BCUT2D eigenvalue weighted by molar-refractivity contribution is 5.82. The number of hydrogen-bond donors (Lipinski definition) is 2. The van der Waals surface area contributed by atoms with Gasteiger partial charge in [0.25, 0.3) is 0 Å². The van der Waals surface area contributed by atoms with Crippen molar-refractivity contribution in [1.29, 1.82) is 0 Å². The average molecular weight is 283 g/mol. The molecule has 0 saturated carbocycles. The molecular weight excluding hydrogens is 254 g/mol. The maximum atomic E-state index is 12.0. The highest BCUT2D eigenvalue weighted by Gasteiger charge is 2.22. The Hall–Kier alpha value is -1.10. The van der Waals surface area contributed by atoms with Gasteiger partial charge in [-0.2, -0.15) is 0 Å². The Bertz CT molecular complexity index is 336. The molecule has 0 bridgehead atoms. The van der Waals surface area contributed by atoms with Gasteiger partial charge in [-0.1, -0.05) is 6.92 Å². The van der Waals surface area contributed by atoms with Crippen LogP contribution in [0.3, 0.4) is 0 Å². The van der Waals surface area contributed by atoms with Gasteiger partial charge in [0, 0.05) is 31.6 Å². The van der Waals surface area contributed by atoms with Gasteiger partial charge in [0.15, 0.2) is 0 Å². The Morgan fingerprint density at radius 2 is 1.85 bits per heavy atom. The van der Waals surface area contributed by atoms with Crippen LogP contribution in [-0.4, -0.2) is 47.9 Å². The Kier molecular flexibility index (Phi) is 6.46. The number of carbonyl (C=O) groups is 2. The zero-order chi connectivity index (χ0) is 15.2. The summed E-state index contributed by atoms with van der Waals surface area (Å²) in [7, 11) is 0. The molecule has 0 radical (unpaired) electrons. The van der Waals surface area contributed by atoms with Gasteiger partial charge in [-0.25, -0.2) is 0 Å². The summed E-state index contributed by atoms with van der Waals surface area (Å²) in [6.45, 7) is 10.2. The summed E-state index contributed by atoms with van der Waals surface area (Å²) in [5, 5.41) is 6.13. The quantitative estimate of drug-likeness (QED) is 0.740. The molecule has 5 nitrogen and oxygen atoms in total. The first-order valence-corrected chi connectivity index (χ1v) is 7.69. The van der Waals surface area contributed by atoms with Crippen LogP contribution in [0.25, 0.3) is 0 Å². The summed E-state index contributed by atoms with van der Waals surface area (Å²) >= 11 is 0. The van der Waals surface area contributed by atoms with E-state index in [4.69, 9.17) is 0 Å². The highest BCUT2D eigenvalue weighted by atomic mass is 16.2. The Balaban J connectivity index is 2.23. The van der Waals surface area contributed by atoms with Gasteiger partial charge in [0.05, 0.1) is 6.04 Å². The minimum atomic E-state index is -0.271. The fraction of sp³-hybridized carbons (Fsp3) is 0.867. The molecule has 1 aliphatic heterocycles. The summed E-state index contributed by atoms with van der Waals surface area (Å²) in [5.41, 5.74) is -0.182. The van der Waals surface area contributed by atoms with Crippen molar-refractivity contribution >= 4 is 11.8 Å². The number of rotatable bonds is 7. The number of nitrogens with one attached hydrogen (secondary N) is 2. The molecule has 2 amide bonds. The number of hydrogen-bond acceptors (Lipinski definition) is 3. The molecule has 0 aromatic carbocycles.